The van der Waals surface area contributed by atoms with E-state index in [2.05, 4.69) is 15.9 Å². The van der Waals surface area contributed by atoms with Crippen LogP contribution in [0.5, 0.6) is 5.75 Å². The summed E-state index contributed by atoms with van der Waals surface area (Å²) in [5.41, 5.74) is 1.02. The highest BCUT2D eigenvalue weighted by Crippen LogP contribution is 2.47. The summed E-state index contributed by atoms with van der Waals surface area (Å²) in [6.45, 7) is 4.75. The second kappa shape index (κ2) is 9.19. The van der Waals surface area contributed by atoms with E-state index >= 15 is 4.39 Å². The van der Waals surface area contributed by atoms with Crippen molar-refractivity contribution in [2.45, 2.75) is 11.4 Å². The summed E-state index contributed by atoms with van der Waals surface area (Å²) in [5.74, 6) is -1.06. The first kappa shape index (κ1) is 23.1. The van der Waals surface area contributed by atoms with Gasteiger partial charge in [0.15, 0.2) is 5.83 Å². The molecule has 2 unspecified atom stereocenters. The summed E-state index contributed by atoms with van der Waals surface area (Å²) >= 11 is 7.93. The van der Waals surface area contributed by atoms with Crippen LogP contribution < -0.4 is 0 Å². The normalized spacial score (nSPS) is 25.3. The minimum absolute atomic E-state index is 0.0268. The van der Waals surface area contributed by atoms with Gasteiger partial charge in [-0.2, -0.15) is 0 Å². The Balaban J connectivity index is 1.48. The molecular weight excluding hydrogens is 477 g/mol. The Morgan fingerprint density at radius 2 is 2.12 bits per heavy atom. The fourth-order valence-electron chi connectivity index (χ4n) is 4.91. The lowest BCUT2D eigenvalue weighted by Gasteiger charge is -2.44. The number of aromatic hydroxyl groups is 1. The first-order valence-electron chi connectivity index (χ1n) is 10.9. The van der Waals surface area contributed by atoms with E-state index in [0.29, 0.717) is 30.9 Å². The van der Waals surface area contributed by atoms with Crippen molar-refractivity contribution in [3.63, 3.8) is 0 Å². The first-order valence-corrected chi connectivity index (χ1v) is 12.2. The Morgan fingerprint density at radius 3 is 2.88 bits per heavy atom. The molecule has 9 heteroatoms. The number of piperazine rings is 1. The van der Waals surface area contributed by atoms with E-state index in [0.717, 1.165) is 10.8 Å². The molecule has 34 heavy (non-hydrogen) atoms. The van der Waals surface area contributed by atoms with E-state index in [-0.39, 0.29) is 40.3 Å². The first-order chi connectivity index (χ1) is 16.4. The molecule has 0 bridgehead atoms. The molecule has 0 spiro atoms. The molecule has 0 aromatic heterocycles. The Hall–Kier alpha value is -2.65. The molecule has 2 aromatic carbocycles. The number of nitrogens with zero attached hydrogens (tertiary/aromatic N) is 3. The monoisotopic (exact) mass is 499 g/mol. The van der Waals surface area contributed by atoms with Crippen LogP contribution in [-0.4, -0.2) is 69.3 Å². The van der Waals surface area contributed by atoms with Crippen LogP contribution in [0.4, 0.5) is 4.39 Å². The van der Waals surface area contributed by atoms with Gasteiger partial charge in [0.2, 0.25) is 5.91 Å². The largest absolute Gasteiger partial charge is 0.508 e. The Kier molecular flexibility index (Phi) is 6.24. The minimum atomic E-state index is -0.510. The lowest BCUT2D eigenvalue weighted by atomic mass is 9.87. The van der Waals surface area contributed by atoms with Crippen molar-refractivity contribution in [1.29, 1.82) is 0 Å². The number of phenolic OH excluding ortho intramolecular Hbond substituents is 1. The molecule has 0 saturated carbocycles. The van der Waals surface area contributed by atoms with Crippen LogP contribution in [0.15, 0.2) is 70.4 Å². The molecule has 2 heterocycles. The molecule has 6 nitrogen and oxygen atoms in total. The van der Waals surface area contributed by atoms with Gasteiger partial charge in [0, 0.05) is 30.2 Å². The van der Waals surface area contributed by atoms with E-state index in [1.165, 1.54) is 24.1 Å². The molecule has 1 fully saturated rings. The maximum absolute atomic E-state index is 15.9. The summed E-state index contributed by atoms with van der Waals surface area (Å²) in [6, 6.07) is 10.3. The molecule has 3 aliphatic rings. The van der Waals surface area contributed by atoms with E-state index < -0.39 is 11.7 Å². The fraction of sp³-hybridized carbons (Fsp3) is 0.280. The SMILES string of the molecule is C=CC(=O)N1CCN(C2SN=C3C(F)=C(c4cc(O)cc5ccccc45)C(Cl)=CC32)[C@H](CO)C1. The van der Waals surface area contributed by atoms with Crippen LogP contribution in [0, 0.1) is 5.92 Å². The highest BCUT2D eigenvalue weighted by Gasteiger charge is 2.45. The number of phenols is 1. The van der Waals surface area contributed by atoms with Crippen LogP contribution in [-0.2, 0) is 4.79 Å². The fourth-order valence-corrected chi connectivity index (χ4v) is 6.39. The third-order valence-corrected chi connectivity index (χ3v) is 7.96. The van der Waals surface area contributed by atoms with E-state index in [9.17, 15) is 15.0 Å². The number of allylic oxidation sites excluding steroid dienone is 3. The van der Waals surface area contributed by atoms with Gasteiger partial charge in [0.1, 0.15) is 5.75 Å². The average Bonchev–Trinajstić information content (AvgIpc) is 3.26. The number of aliphatic hydroxyl groups is 1. The van der Waals surface area contributed by atoms with Gasteiger partial charge in [-0.3, -0.25) is 9.69 Å². The molecule has 2 N–H and O–H groups in total. The van der Waals surface area contributed by atoms with E-state index in [1.54, 1.807) is 17.0 Å². The second-order valence-electron chi connectivity index (χ2n) is 8.48. The van der Waals surface area contributed by atoms with Gasteiger partial charge in [-0.1, -0.05) is 48.5 Å². The molecule has 1 amide bonds. The number of benzene rings is 2. The van der Waals surface area contributed by atoms with Crippen molar-refractivity contribution in [3.05, 3.63) is 71.6 Å². The smallest absolute Gasteiger partial charge is 0.246 e. The van der Waals surface area contributed by atoms with Crippen LogP contribution in [0.1, 0.15) is 5.56 Å². The predicted octanol–water partition coefficient (Wildman–Crippen LogP) is 4.10. The second-order valence-corrected chi connectivity index (χ2v) is 9.76. The average molecular weight is 500 g/mol. The minimum Gasteiger partial charge on any atom is -0.508 e. The lowest BCUT2D eigenvalue weighted by Crippen LogP contribution is -2.59. The van der Waals surface area contributed by atoms with Crippen LogP contribution in [0.2, 0.25) is 0 Å². The number of hydrogen-bond donors (Lipinski definition) is 2. The van der Waals surface area contributed by atoms with Gasteiger partial charge < -0.3 is 15.1 Å². The highest BCUT2D eigenvalue weighted by molar-refractivity contribution is 7.99. The third-order valence-electron chi connectivity index (χ3n) is 6.56. The predicted molar refractivity (Wildman–Crippen MR) is 134 cm³/mol. The van der Waals surface area contributed by atoms with Gasteiger partial charge >= 0.3 is 0 Å². The van der Waals surface area contributed by atoms with Crippen molar-refractivity contribution in [1.82, 2.24) is 9.80 Å². The summed E-state index contributed by atoms with van der Waals surface area (Å²) in [5, 5.41) is 21.8. The zero-order valence-electron chi connectivity index (χ0n) is 18.2. The van der Waals surface area contributed by atoms with Gasteiger partial charge in [0.05, 0.1) is 29.7 Å². The highest BCUT2D eigenvalue weighted by atomic mass is 35.5. The van der Waals surface area contributed by atoms with Crippen molar-refractivity contribution in [2.75, 3.05) is 26.2 Å². The van der Waals surface area contributed by atoms with E-state index in [1.807, 2.05) is 24.3 Å². The maximum atomic E-state index is 15.9. The molecular formula is C25H23ClFN3O3S. The van der Waals surface area contributed by atoms with Crippen LogP contribution >= 0.6 is 23.5 Å². The molecule has 2 aromatic rings. The lowest BCUT2D eigenvalue weighted by molar-refractivity contribution is -0.129. The zero-order valence-corrected chi connectivity index (χ0v) is 19.8. The number of amides is 1. The molecule has 5 rings (SSSR count). The maximum Gasteiger partial charge on any atom is 0.246 e. The van der Waals surface area contributed by atoms with Crippen molar-refractivity contribution < 1.29 is 19.4 Å². The quantitative estimate of drug-likeness (QED) is 0.489. The summed E-state index contributed by atoms with van der Waals surface area (Å²) < 4.78 is 20.4. The van der Waals surface area contributed by atoms with Crippen LogP contribution in [0.25, 0.3) is 16.3 Å². The Labute approximate surface area is 205 Å². The number of carbonyl (C=O) groups is 1. The summed E-state index contributed by atoms with van der Waals surface area (Å²) in [4.78, 5) is 15.8. The van der Waals surface area contributed by atoms with Crippen molar-refractivity contribution in [2.24, 2.45) is 10.3 Å². The molecule has 2 aliphatic heterocycles. The number of fused-ring (bicyclic) bond motifs is 2. The number of halogens is 2. The summed E-state index contributed by atoms with van der Waals surface area (Å²) in [6.07, 6.45) is 3.07. The number of carbonyl (C=O) groups excluding carboxylic acids is 1. The van der Waals surface area contributed by atoms with E-state index in [4.69, 9.17) is 11.6 Å². The molecule has 1 saturated heterocycles. The van der Waals surface area contributed by atoms with Gasteiger partial charge in [-0.05, 0) is 46.5 Å². The van der Waals surface area contributed by atoms with Crippen molar-refractivity contribution >= 4 is 51.5 Å². The topological polar surface area (TPSA) is 76.4 Å². The summed E-state index contributed by atoms with van der Waals surface area (Å²) in [7, 11) is 0. The van der Waals surface area contributed by atoms with Gasteiger partial charge in [0.25, 0.3) is 0 Å². The molecule has 0 radical (unpaired) electrons. The number of aliphatic hydroxyl groups excluding tert-OH is 1. The molecule has 176 valence electrons. The molecule has 1 aliphatic carbocycles. The molecule has 3 atom stereocenters. The van der Waals surface area contributed by atoms with Gasteiger partial charge in [-0.25, -0.2) is 8.79 Å². The van der Waals surface area contributed by atoms with Crippen molar-refractivity contribution in [3.8, 4) is 5.75 Å². The number of rotatable bonds is 4. The van der Waals surface area contributed by atoms with Gasteiger partial charge in [-0.15, -0.1) is 0 Å². The Bertz CT molecular complexity index is 1280. The van der Waals surface area contributed by atoms with Crippen LogP contribution in [0.3, 0.4) is 0 Å². The Morgan fingerprint density at radius 1 is 1.32 bits per heavy atom. The zero-order chi connectivity index (χ0) is 24.0. The number of hydrogen-bond acceptors (Lipinski definition) is 6. The third kappa shape index (κ3) is 3.84. The standard InChI is InChI=1S/C25H23ClFN3O3S/c1-2-21(33)29-7-8-30(15(12-29)13-31)25-19-11-20(26)22(23(27)24(19)28-34-25)18-10-16(32)9-14-5-3-4-6-17(14)18/h2-6,9-11,15,19,25,31-32H,1,7-8,12-13H2/t15-,19?,25?/m0/s1.